The van der Waals surface area contributed by atoms with Crippen LogP contribution in [0.15, 0.2) is 28.4 Å². The number of aromatic amines is 1. The molecular weight excluding hydrogens is 347 g/mol. The number of hydrogen-bond donors (Lipinski definition) is 1. The number of methoxy groups -OCH3 is 2. The molecule has 0 unspecified atom stereocenters. The molecule has 0 saturated heterocycles. The first-order chi connectivity index (χ1) is 10.6. The average Bonchev–Trinajstić information content (AvgIpc) is 2.88. The van der Waals surface area contributed by atoms with Crippen molar-refractivity contribution in [1.82, 2.24) is 19.9 Å². The zero-order valence-electron chi connectivity index (χ0n) is 11.6. The molecule has 2 aromatic heterocycles. The summed E-state index contributed by atoms with van der Waals surface area (Å²) in [4.78, 5) is 15.9. The topological polar surface area (TPSA) is 72.9 Å². The van der Waals surface area contributed by atoms with Crippen LogP contribution in [0.2, 0.25) is 10.0 Å². The number of ether oxygens (including phenoxy) is 2. The van der Waals surface area contributed by atoms with Gasteiger partial charge in [-0.3, -0.25) is 0 Å². The fourth-order valence-corrected chi connectivity index (χ4v) is 2.87. The first-order valence-corrected chi connectivity index (χ1v) is 7.66. The van der Waals surface area contributed by atoms with Crippen molar-refractivity contribution in [3.63, 3.8) is 0 Å². The molecule has 0 radical (unpaired) electrons. The lowest BCUT2D eigenvalue weighted by Gasteiger charge is -2.04. The summed E-state index contributed by atoms with van der Waals surface area (Å²) >= 11 is 13.3. The molecule has 3 rings (SSSR count). The van der Waals surface area contributed by atoms with Crippen LogP contribution in [0.25, 0.3) is 11.0 Å². The standard InChI is InChI=1S/C13H10Cl2N4O2S/c1-20-10-5-11(19-12(18-10)21-2)22-13-16-8-3-6(14)7(15)4-9(8)17-13/h3-5H,1-2H3,(H,16,17). The molecule has 0 atom stereocenters. The van der Waals surface area contributed by atoms with E-state index in [1.165, 1.54) is 26.0 Å². The number of aromatic nitrogens is 4. The maximum Gasteiger partial charge on any atom is 0.320 e. The van der Waals surface area contributed by atoms with Crippen LogP contribution in [-0.2, 0) is 0 Å². The lowest BCUT2D eigenvalue weighted by Crippen LogP contribution is -1.96. The van der Waals surface area contributed by atoms with Crippen LogP contribution >= 0.6 is 35.0 Å². The summed E-state index contributed by atoms with van der Waals surface area (Å²) < 4.78 is 10.2. The highest BCUT2D eigenvalue weighted by Gasteiger charge is 2.11. The van der Waals surface area contributed by atoms with Crippen molar-refractivity contribution in [3.05, 3.63) is 28.2 Å². The van der Waals surface area contributed by atoms with E-state index < -0.39 is 0 Å². The molecule has 2 heterocycles. The van der Waals surface area contributed by atoms with Gasteiger partial charge < -0.3 is 14.5 Å². The molecule has 0 fully saturated rings. The number of fused-ring (bicyclic) bond motifs is 1. The Morgan fingerprint density at radius 3 is 2.50 bits per heavy atom. The molecule has 0 spiro atoms. The zero-order chi connectivity index (χ0) is 15.7. The molecule has 0 saturated carbocycles. The van der Waals surface area contributed by atoms with Gasteiger partial charge in [-0.15, -0.1) is 0 Å². The highest BCUT2D eigenvalue weighted by Crippen LogP contribution is 2.31. The summed E-state index contributed by atoms with van der Waals surface area (Å²) in [6.07, 6.45) is 0. The van der Waals surface area contributed by atoms with E-state index in [4.69, 9.17) is 32.7 Å². The third-order valence-electron chi connectivity index (χ3n) is 2.75. The molecule has 3 aromatic rings. The first-order valence-electron chi connectivity index (χ1n) is 6.08. The molecule has 0 aliphatic rings. The molecule has 6 nitrogen and oxygen atoms in total. The summed E-state index contributed by atoms with van der Waals surface area (Å²) in [5.74, 6) is 0.413. The maximum atomic E-state index is 6.00. The van der Waals surface area contributed by atoms with Gasteiger partial charge in [-0.05, 0) is 23.9 Å². The van der Waals surface area contributed by atoms with Gasteiger partial charge in [-0.2, -0.15) is 9.97 Å². The minimum absolute atomic E-state index is 0.226. The van der Waals surface area contributed by atoms with Gasteiger partial charge in [0.15, 0.2) is 5.16 Å². The fraction of sp³-hybridized carbons (Fsp3) is 0.154. The van der Waals surface area contributed by atoms with E-state index in [0.717, 1.165) is 11.0 Å². The van der Waals surface area contributed by atoms with Gasteiger partial charge in [-0.1, -0.05) is 23.2 Å². The third kappa shape index (κ3) is 3.06. The van der Waals surface area contributed by atoms with E-state index in [2.05, 4.69) is 19.9 Å². The number of hydrogen-bond acceptors (Lipinski definition) is 6. The smallest absolute Gasteiger partial charge is 0.320 e. The molecule has 9 heteroatoms. The lowest BCUT2D eigenvalue weighted by molar-refractivity contribution is 0.347. The lowest BCUT2D eigenvalue weighted by atomic mass is 10.3. The molecule has 0 amide bonds. The second-order valence-electron chi connectivity index (χ2n) is 4.16. The van der Waals surface area contributed by atoms with Gasteiger partial charge in [-0.25, -0.2) is 4.98 Å². The van der Waals surface area contributed by atoms with Crippen molar-refractivity contribution in [2.75, 3.05) is 14.2 Å². The van der Waals surface area contributed by atoms with Crippen LogP contribution < -0.4 is 9.47 Å². The SMILES string of the molecule is COc1cc(Sc2nc3cc(Cl)c(Cl)cc3[nH]2)nc(OC)n1. The van der Waals surface area contributed by atoms with E-state index in [9.17, 15) is 0 Å². The molecule has 0 aliphatic heterocycles. The average molecular weight is 357 g/mol. The highest BCUT2D eigenvalue weighted by atomic mass is 35.5. The molecule has 1 N–H and O–H groups in total. The normalized spacial score (nSPS) is 10.9. The number of nitrogens with zero attached hydrogens (tertiary/aromatic N) is 3. The van der Waals surface area contributed by atoms with Crippen LogP contribution in [0.3, 0.4) is 0 Å². The number of rotatable bonds is 4. The minimum Gasteiger partial charge on any atom is -0.481 e. The van der Waals surface area contributed by atoms with Gasteiger partial charge in [0.1, 0.15) is 5.03 Å². The first kappa shape index (κ1) is 15.2. The predicted molar refractivity (Wildman–Crippen MR) is 85.4 cm³/mol. The quantitative estimate of drug-likeness (QED) is 0.716. The Labute approximate surface area is 140 Å². The maximum absolute atomic E-state index is 6.00. The Balaban J connectivity index is 1.95. The van der Waals surface area contributed by atoms with Gasteiger partial charge in [0, 0.05) is 6.07 Å². The van der Waals surface area contributed by atoms with E-state index in [1.54, 1.807) is 18.2 Å². The van der Waals surface area contributed by atoms with Gasteiger partial charge >= 0.3 is 6.01 Å². The Kier molecular flexibility index (Phi) is 4.28. The van der Waals surface area contributed by atoms with E-state index in [-0.39, 0.29) is 6.01 Å². The summed E-state index contributed by atoms with van der Waals surface area (Å²) in [6.45, 7) is 0. The number of nitrogens with one attached hydrogen (secondary N) is 1. The second-order valence-corrected chi connectivity index (χ2v) is 5.99. The van der Waals surface area contributed by atoms with Crippen LogP contribution in [0, 0.1) is 0 Å². The van der Waals surface area contributed by atoms with Crippen molar-refractivity contribution in [2.24, 2.45) is 0 Å². The van der Waals surface area contributed by atoms with Crippen molar-refractivity contribution in [1.29, 1.82) is 0 Å². The van der Waals surface area contributed by atoms with Gasteiger partial charge in [0.25, 0.3) is 0 Å². The van der Waals surface area contributed by atoms with E-state index in [1.807, 2.05) is 0 Å². The van der Waals surface area contributed by atoms with Crippen molar-refractivity contribution < 1.29 is 9.47 Å². The zero-order valence-corrected chi connectivity index (χ0v) is 13.9. The molecule has 0 aliphatic carbocycles. The summed E-state index contributed by atoms with van der Waals surface area (Å²) in [5, 5.41) is 2.22. The Bertz CT molecular complexity index is 779. The Morgan fingerprint density at radius 1 is 1.00 bits per heavy atom. The third-order valence-corrected chi connectivity index (χ3v) is 4.28. The molecule has 0 bridgehead atoms. The van der Waals surface area contributed by atoms with E-state index in [0.29, 0.717) is 26.1 Å². The van der Waals surface area contributed by atoms with Crippen molar-refractivity contribution in [2.45, 2.75) is 10.2 Å². The van der Waals surface area contributed by atoms with Crippen LogP contribution in [0.4, 0.5) is 0 Å². The number of halogens is 2. The largest absolute Gasteiger partial charge is 0.481 e. The van der Waals surface area contributed by atoms with Gasteiger partial charge in [0.2, 0.25) is 5.88 Å². The highest BCUT2D eigenvalue weighted by molar-refractivity contribution is 7.99. The summed E-state index contributed by atoms with van der Waals surface area (Å²) in [6, 6.07) is 5.36. The van der Waals surface area contributed by atoms with Crippen molar-refractivity contribution in [3.8, 4) is 11.9 Å². The van der Waals surface area contributed by atoms with Crippen molar-refractivity contribution >= 4 is 46.0 Å². The fourth-order valence-electron chi connectivity index (χ4n) is 1.76. The Hall–Kier alpha value is -1.70. The molecule has 1 aromatic carbocycles. The number of H-pyrrole nitrogens is 1. The van der Waals surface area contributed by atoms with E-state index >= 15 is 0 Å². The second kappa shape index (κ2) is 6.20. The number of benzene rings is 1. The molecule has 114 valence electrons. The predicted octanol–water partition coefficient (Wildman–Crippen LogP) is 3.83. The van der Waals surface area contributed by atoms with Gasteiger partial charge in [0.05, 0.1) is 35.3 Å². The molecule has 22 heavy (non-hydrogen) atoms. The van der Waals surface area contributed by atoms with Crippen LogP contribution in [0.1, 0.15) is 0 Å². The Morgan fingerprint density at radius 2 is 1.77 bits per heavy atom. The summed E-state index contributed by atoms with van der Waals surface area (Å²) in [5.41, 5.74) is 1.52. The molecular formula is C13H10Cl2N4O2S. The summed E-state index contributed by atoms with van der Waals surface area (Å²) in [7, 11) is 3.02. The number of imidazole rings is 1. The minimum atomic E-state index is 0.226. The monoisotopic (exact) mass is 356 g/mol. The van der Waals surface area contributed by atoms with Crippen LogP contribution in [-0.4, -0.2) is 34.2 Å². The van der Waals surface area contributed by atoms with Crippen LogP contribution in [0.5, 0.6) is 11.9 Å².